The standard InChI is InChI=1S/C36H43N5O6/c1-5-7-13-19-46-34(45)30-29-32(43)41(26(22-42)20-25-14-9-8-10-15-25)31(36(29)21-24(3)35(30,4)47-36)33(44)39(18-6-2)23-40-28-17-12-11-16-27(28)37-38-40/h5-6,8-12,14-17,24,26,29-31,42H,1-2,7,13,18-23H2,3-4H3/t24?,26-,29+,30-,31?,35+,36?/m1/s1. The number of fused-ring (bicyclic) bond motifs is 2. The van der Waals surface area contributed by atoms with Gasteiger partial charge in [0, 0.05) is 6.54 Å². The van der Waals surface area contributed by atoms with Crippen molar-refractivity contribution >= 4 is 28.8 Å². The SMILES string of the molecule is C=CCCCOC(=O)[C@H]1[C@H]2C(=O)N([C@@H](CO)Cc3ccccc3)C(C(=O)N(CC=C)Cn3nnc4ccccc43)C23CC(C)[C@]1(C)O3. The van der Waals surface area contributed by atoms with Gasteiger partial charge in [0.2, 0.25) is 11.8 Å². The van der Waals surface area contributed by atoms with Crippen LogP contribution in [0.3, 0.4) is 0 Å². The van der Waals surface area contributed by atoms with Crippen molar-refractivity contribution in [1.82, 2.24) is 24.8 Å². The van der Waals surface area contributed by atoms with Crippen LogP contribution in [-0.2, 0) is 36.9 Å². The second-order valence-corrected chi connectivity index (χ2v) is 13.1. The van der Waals surface area contributed by atoms with Gasteiger partial charge in [-0.3, -0.25) is 14.4 Å². The average Bonchev–Trinajstić information content (AvgIpc) is 3.75. The number of carbonyl (C=O) groups is 3. The predicted molar refractivity (Wildman–Crippen MR) is 174 cm³/mol. The summed E-state index contributed by atoms with van der Waals surface area (Å²) in [5, 5.41) is 19.4. The average molecular weight is 642 g/mol. The summed E-state index contributed by atoms with van der Waals surface area (Å²) in [5.41, 5.74) is 0.0227. The summed E-state index contributed by atoms with van der Waals surface area (Å²) in [6.45, 7) is 11.5. The number of aliphatic hydroxyl groups excluding tert-OH is 1. The molecule has 0 aliphatic carbocycles. The van der Waals surface area contributed by atoms with Gasteiger partial charge in [0.25, 0.3) is 0 Å². The summed E-state index contributed by atoms with van der Waals surface area (Å²) in [7, 11) is 0. The van der Waals surface area contributed by atoms with Gasteiger partial charge < -0.3 is 24.4 Å². The molecule has 3 aliphatic heterocycles. The largest absolute Gasteiger partial charge is 0.465 e. The van der Waals surface area contributed by atoms with Gasteiger partial charge >= 0.3 is 5.97 Å². The molecule has 1 N–H and O–H groups in total. The molecule has 1 aromatic heterocycles. The van der Waals surface area contributed by atoms with Crippen LogP contribution in [0.2, 0.25) is 0 Å². The van der Waals surface area contributed by atoms with E-state index in [1.807, 2.05) is 68.4 Å². The van der Waals surface area contributed by atoms with Crippen molar-refractivity contribution in [3.63, 3.8) is 0 Å². The zero-order valence-electron chi connectivity index (χ0n) is 27.0. The molecule has 2 amide bonds. The first kappa shape index (κ1) is 32.6. The minimum absolute atomic E-state index is 0.0503. The molecular weight excluding hydrogens is 598 g/mol. The number of likely N-dealkylation sites (tertiary alicyclic amines) is 1. The molecular formula is C36H43N5O6. The fraction of sp³-hybridized carbons (Fsp3) is 0.472. The fourth-order valence-electron chi connectivity index (χ4n) is 8.06. The number of nitrogens with zero attached hydrogens (tertiary/aromatic N) is 5. The summed E-state index contributed by atoms with van der Waals surface area (Å²) >= 11 is 0. The maximum absolute atomic E-state index is 15.0. The normalized spacial score (nSPS) is 28.3. The Balaban J connectivity index is 1.42. The zero-order valence-corrected chi connectivity index (χ0v) is 27.0. The highest BCUT2D eigenvalue weighted by Crippen LogP contribution is 2.65. The third-order valence-electron chi connectivity index (χ3n) is 10.3. The number of unbranched alkanes of at least 4 members (excludes halogenated alkanes) is 1. The Hall–Kier alpha value is -4.35. The Morgan fingerprint density at radius 1 is 1.17 bits per heavy atom. The van der Waals surface area contributed by atoms with Gasteiger partial charge in [-0.05, 0) is 56.2 Å². The molecule has 1 spiro atoms. The lowest BCUT2D eigenvalue weighted by Crippen LogP contribution is -2.59. The van der Waals surface area contributed by atoms with Crippen LogP contribution in [0, 0.1) is 17.8 Å². The van der Waals surface area contributed by atoms with Crippen LogP contribution in [0.15, 0.2) is 79.9 Å². The van der Waals surface area contributed by atoms with Crippen LogP contribution in [0.25, 0.3) is 11.0 Å². The van der Waals surface area contributed by atoms with E-state index in [0.29, 0.717) is 31.2 Å². The van der Waals surface area contributed by atoms with Crippen molar-refractivity contribution in [3.8, 4) is 0 Å². The van der Waals surface area contributed by atoms with Crippen molar-refractivity contribution < 1.29 is 29.0 Å². The Labute approximate surface area is 274 Å². The number of aliphatic hydroxyl groups is 1. The second kappa shape index (κ2) is 13.0. The van der Waals surface area contributed by atoms with Gasteiger partial charge in [-0.1, -0.05) is 66.8 Å². The second-order valence-electron chi connectivity index (χ2n) is 13.1. The molecule has 0 radical (unpaired) electrons. The number of benzene rings is 2. The van der Waals surface area contributed by atoms with E-state index >= 15 is 4.79 Å². The molecule has 248 valence electrons. The molecule has 2 bridgehead atoms. The third kappa shape index (κ3) is 5.45. The molecule has 7 atom stereocenters. The monoisotopic (exact) mass is 641 g/mol. The number of ether oxygens (including phenoxy) is 2. The quantitative estimate of drug-likeness (QED) is 0.161. The summed E-state index contributed by atoms with van der Waals surface area (Å²) < 4.78 is 14.3. The van der Waals surface area contributed by atoms with Crippen LogP contribution in [-0.4, -0.2) is 90.7 Å². The topological polar surface area (TPSA) is 127 Å². The van der Waals surface area contributed by atoms with Crippen molar-refractivity contribution in [2.75, 3.05) is 19.8 Å². The highest BCUT2D eigenvalue weighted by atomic mass is 16.6. The lowest BCUT2D eigenvalue weighted by molar-refractivity contribution is -0.164. The van der Waals surface area contributed by atoms with E-state index < -0.39 is 41.1 Å². The summed E-state index contributed by atoms with van der Waals surface area (Å²) in [6, 6.07) is 15.1. The van der Waals surface area contributed by atoms with E-state index in [1.54, 1.807) is 21.7 Å². The molecule has 0 saturated carbocycles. The summed E-state index contributed by atoms with van der Waals surface area (Å²) in [5.74, 6) is -3.27. The molecule has 3 unspecified atom stereocenters. The van der Waals surface area contributed by atoms with Crippen molar-refractivity contribution in [3.05, 3.63) is 85.5 Å². The first-order valence-corrected chi connectivity index (χ1v) is 16.3. The van der Waals surface area contributed by atoms with Gasteiger partial charge in [-0.15, -0.1) is 18.3 Å². The molecule has 3 saturated heterocycles. The van der Waals surface area contributed by atoms with Crippen LogP contribution < -0.4 is 0 Å². The fourth-order valence-corrected chi connectivity index (χ4v) is 8.06. The van der Waals surface area contributed by atoms with Crippen LogP contribution >= 0.6 is 0 Å². The molecule has 3 fully saturated rings. The van der Waals surface area contributed by atoms with Crippen molar-refractivity contribution in [2.45, 2.75) is 69.5 Å². The summed E-state index contributed by atoms with van der Waals surface area (Å²) in [6.07, 6.45) is 5.40. The van der Waals surface area contributed by atoms with E-state index in [1.165, 1.54) is 4.90 Å². The Bertz CT molecular complexity index is 1660. The number of hydrogen-bond donors (Lipinski definition) is 1. The molecule has 3 aromatic rings. The minimum Gasteiger partial charge on any atom is -0.465 e. The van der Waals surface area contributed by atoms with E-state index in [4.69, 9.17) is 9.47 Å². The van der Waals surface area contributed by atoms with Gasteiger partial charge in [-0.2, -0.15) is 0 Å². The molecule has 2 aromatic carbocycles. The smallest absolute Gasteiger partial charge is 0.312 e. The molecule has 6 rings (SSSR count). The van der Waals surface area contributed by atoms with Crippen LogP contribution in [0.4, 0.5) is 0 Å². The van der Waals surface area contributed by atoms with Gasteiger partial charge in [0.15, 0.2) is 0 Å². The molecule has 11 heteroatoms. The summed E-state index contributed by atoms with van der Waals surface area (Å²) in [4.78, 5) is 46.7. The number of hydrogen-bond acceptors (Lipinski definition) is 8. The van der Waals surface area contributed by atoms with E-state index in [-0.39, 0.29) is 44.2 Å². The number of para-hydroxylation sites is 1. The number of esters is 1. The minimum atomic E-state index is -1.30. The first-order valence-electron chi connectivity index (χ1n) is 16.3. The van der Waals surface area contributed by atoms with Gasteiger partial charge in [0.05, 0.1) is 36.3 Å². The van der Waals surface area contributed by atoms with Crippen molar-refractivity contribution in [2.24, 2.45) is 17.8 Å². The highest BCUT2D eigenvalue weighted by molar-refractivity contribution is 5.99. The molecule has 47 heavy (non-hydrogen) atoms. The number of carbonyl (C=O) groups excluding carboxylic acids is 3. The van der Waals surface area contributed by atoms with Crippen LogP contribution in [0.5, 0.6) is 0 Å². The molecule has 11 nitrogen and oxygen atoms in total. The van der Waals surface area contributed by atoms with E-state index in [9.17, 15) is 14.7 Å². The maximum atomic E-state index is 15.0. The highest BCUT2D eigenvalue weighted by Gasteiger charge is 2.80. The Morgan fingerprint density at radius 2 is 1.91 bits per heavy atom. The molecule has 4 heterocycles. The van der Waals surface area contributed by atoms with E-state index in [2.05, 4.69) is 23.5 Å². The predicted octanol–water partition coefficient (Wildman–Crippen LogP) is 3.53. The first-order chi connectivity index (χ1) is 22.7. The number of aromatic nitrogens is 3. The number of amides is 2. The number of rotatable bonds is 14. The number of allylic oxidation sites excluding steroid dienone is 1. The van der Waals surface area contributed by atoms with Gasteiger partial charge in [-0.25, -0.2) is 4.68 Å². The lowest BCUT2D eigenvalue weighted by atomic mass is 9.62. The molecule has 3 aliphatic rings. The third-order valence-corrected chi connectivity index (χ3v) is 10.3. The van der Waals surface area contributed by atoms with Gasteiger partial charge in [0.1, 0.15) is 29.7 Å². The lowest BCUT2D eigenvalue weighted by Gasteiger charge is -2.39. The Kier molecular flexibility index (Phi) is 9.04. The van der Waals surface area contributed by atoms with Crippen molar-refractivity contribution in [1.29, 1.82) is 0 Å². The Morgan fingerprint density at radius 3 is 2.64 bits per heavy atom. The zero-order chi connectivity index (χ0) is 33.3. The maximum Gasteiger partial charge on any atom is 0.312 e. The van der Waals surface area contributed by atoms with E-state index in [0.717, 1.165) is 11.1 Å². The van der Waals surface area contributed by atoms with Crippen LogP contribution in [0.1, 0.15) is 38.7 Å².